The van der Waals surface area contributed by atoms with Gasteiger partial charge >= 0.3 is 0 Å². The van der Waals surface area contributed by atoms with Crippen LogP contribution in [0, 0.1) is 0 Å². The van der Waals surface area contributed by atoms with Gasteiger partial charge in [-0.1, -0.05) is 0 Å². The average molecular weight is 188 g/mol. The standard InChI is InChI=1S/C9H17FN2O/c1-9(5-11-6-9)12-3-7(10)8(4-12)13-2/h7-8,11H,3-6H2,1-2H3. The molecule has 2 rings (SSSR count). The smallest absolute Gasteiger partial charge is 0.140 e. The van der Waals surface area contributed by atoms with E-state index in [9.17, 15) is 4.39 Å². The first-order valence-electron chi connectivity index (χ1n) is 4.78. The van der Waals surface area contributed by atoms with Gasteiger partial charge in [-0.15, -0.1) is 0 Å². The Kier molecular flexibility index (Phi) is 2.30. The van der Waals surface area contributed by atoms with Crippen molar-refractivity contribution >= 4 is 0 Å². The molecule has 2 aliphatic heterocycles. The van der Waals surface area contributed by atoms with E-state index in [1.807, 2.05) is 0 Å². The zero-order valence-electron chi connectivity index (χ0n) is 8.22. The van der Waals surface area contributed by atoms with Crippen molar-refractivity contribution in [1.82, 2.24) is 10.2 Å². The molecule has 76 valence electrons. The first kappa shape index (κ1) is 9.37. The molecule has 4 heteroatoms. The highest BCUT2D eigenvalue weighted by atomic mass is 19.1. The summed E-state index contributed by atoms with van der Waals surface area (Å²) in [6, 6.07) is 0. The number of methoxy groups -OCH3 is 1. The van der Waals surface area contributed by atoms with Crippen LogP contribution in [0.2, 0.25) is 0 Å². The lowest BCUT2D eigenvalue weighted by Gasteiger charge is -2.46. The first-order valence-corrected chi connectivity index (χ1v) is 4.78. The summed E-state index contributed by atoms with van der Waals surface area (Å²) in [5.74, 6) is 0. The number of hydrogen-bond acceptors (Lipinski definition) is 3. The lowest BCUT2D eigenvalue weighted by molar-refractivity contribution is 0.0434. The van der Waals surface area contributed by atoms with Crippen molar-refractivity contribution < 1.29 is 9.13 Å². The van der Waals surface area contributed by atoms with E-state index in [-0.39, 0.29) is 11.6 Å². The van der Waals surface area contributed by atoms with Crippen LogP contribution in [0.1, 0.15) is 6.92 Å². The molecular weight excluding hydrogens is 171 g/mol. The molecule has 0 amide bonds. The highest BCUT2D eigenvalue weighted by Crippen LogP contribution is 2.27. The van der Waals surface area contributed by atoms with Gasteiger partial charge in [-0.05, 0) is 6.92 Å². The van der Waals surface area contributed by atoms with Crippen LogP contribution in [0.4, 0.5) is 4.39 Å². The summed E-state index contributed by atoms with van der Waals surface area (Å²) in [4.78, 5) is 2.20. The fourth-order valence-corrected chi connectivity index (χ4v) is 2.11. The highest BCUT2D eigenvalue weighted by molar-refractivity contribution is 5.03. The Morgan fingerprint density at radius 2 is 2.15 bits per heavy atom. The summed E-state index contributed by atoms with van der Waals surface area (Å²) in [5.41, 5.74) is 0.164. The minimum Gasteiger partial charge on any atom is -0.377 e. The number of nitrogens with zero attached hydrogens (tertiary/aromatic N) is 1. The lowest BCUT2D eigenvalue weighted by atomic mass is 9.93. The quantitative estimate of drug-likeness (QED) is 0.661. The predicted octanol–water partition coefficient (Wildman–Crippen LogP) is 0.0170. The third-order valence-electron chi connectivity index (χ3n) is 3.28. The van der Waals surface area contributed by atoms with Gasteiger partial charge in [-0.25, -0.2) is 4.39 Å². The van der Waals surface area contributed by atoms with Crippen LogP contribution in [0.25, 0.3) is 0 Å². The van der Waals surface area contributed by atoms with Crippen molar-refractivity contribution in [2.75, 3.05) is 33.3 Å². The molecule has 0 bridgehead atoms. The number of halogens is 1. The van der Waals surface area contributed by atoms with E-state index < -0.39 is 6.17 Å². The monoisotopic (exact) mass is 188 g/mol. The molecule has 1 N–H and O–H groups in total. The molecule has 0 aromatic rings. The Morgan fingerprint density at radius 3 is 2.54 bits per heavy atom. The van der Waals surface area contributed by atoms with Crippen molar-refractivity contribution in [3.05, 3.63) is 0 Å². The Morgan fingerprint density at radius 1 is 1.46 bits per heavy atom. The minimum atomic E-state index is -0.817. The van der Waals surface area contributed by atoms with E-state index in [1.165, 1.54) is 0 Å². The molecule has 0 aliphatic carbocycles. The molecule has 2 fully saturated rings. The van der Waals surface area contributed by atoms with Gasteiger partial charge in [0.05, 0.1) is 0 Å². The highest BCUT2D eigenvalue weighted by Gasteiger charge is 2.45. The van der Waals surface area contributed by atoms with E-state index in [1.54, 1.807) is 7.11 Å². The molecule has 3 nitrogen and oxygen atoms in total. The topological polar surface area (TPSA) is 24.5 Å². The van der Waals surface area contributed by atoms with Crippen LogP contribution in [0.3, 0.4) is 0 Å². The summed E-state index contributed by atoms with van der Waals surface area (Å²) in [7, 11) is 1.59. The first-order chi connectivity index (χ1) is 6.15. The largest absolute Gasteiger partial charge is 0.377 e. The third-order valence-corrected chi connectivity index (χ3v) is 3.28. The van der Waals surface area contributed by atoms with Crippen molar-refractivity contribution in [2.24, 2.45) is 0 Å². The number of ether oxygens (including phenoxy) is 1. The van der Waals surface area contributed by atoms with E-state index in [0.717, 1.165) is 19.6 Å². The zero-order valence-corrected chi connectivity index (χ0v) is 8.22. The Labute approximate surface area is 78.2 Å². The molecule has 2 unspecified atom stereocenters. The van der Waals surface area contributed by atoms with Gasteiger partial charge in [-0.3, -0.25) is 4.90 Å². The Bertz CT molecular complexity index is 196. The number of alkyl halides is 1. The summed E-state index contributed by atoms with van der Waals surface area (Å²) in [6.45, 7) is 5.37. The van der Waals surface area contributed by atoms with E-state index in [4.69, 9.17) is 4.74 Å². The van der Waals surface area contributed by atoms with Crippen LogP contribution in [-0.2, 0) is 4.74 Å². The van der Waals surface area contributed by atoms with Crippen molar-refractivity contribution in [3.8, 4) is 0 Å². The van der Waals surface area contributed by atoms with E-state index in [2.05, 4.69) is 17.1 Å². The fourth-order valence-electron chi connectivity index (χ4n) is 2.11. The molecule has 2 aliphatic rings. The molecule has 0 saturated carbocycles. The summed E-state index contributed by atoms with van der Waals surface area (Å²) in [6.07, 6.45) is -1.04. The van der Waals surface area contributed by atoms with Crippen molar-refractivity contribution in [2.45, 2.75) is 24.7 Å². The maximum Gasteiger partial charge on any atom is 0.140 e. The zero-order chi connectivity index (χ0) is 9.47. The van der Waals surface area contributed by atoms with Gasteiger partial charge in [0, 0.05) is 38.8 Å². The summed E-state index contributed by atoms with van der Waals surface area (Å²) < 4.78 is 18.4. The predicted molar refractivity (Wildman–Crippen MR) is 48.5 cm³/mol. The van der Waals surface area contributed by atoms with Crippen molar-refractivity contribution in [3.63, 3.8) is 0 Å². The Balaban J connectivity index is 1.96. The molecule has 0 aromatic heterocycles. The summed E-state index contributed by atoms with van der Waals surface area (Å²) in [5, 5.41) is 3.22. The fraction of sp³-hybridized carbons (Fsp3) is 1.00. The van der Waals surface area contributed by atoms with Crippen LogP contribution >= 0.6 is 0 Å². The van der Waals surface area contributed by atoms with Gasteiger partial charge < -0.3 is 10.1 Å². The maximum absolute atomic E-state index is 13.3. The van der Waals surface area contributed by atoms with Crippen LogP contribution < -0.4 is 5.32 Å². The van der Waals surface area contributed by atoms with Gasteiger partial charge in [0.2, 0.25) is 0 Å². The van der Waals surface area contributed by atoms with Crippen LogP contribution in [0.15, 0.2) is 0 Å². The number of hydrogen-bond donors (Lipinski definition) is 1. The molecule has 0 aromatic carbocycles. The third kappa shape index (κ3) is 1.47. The maximum atomic E-state index is 13.3. The molecule has 13 heavy (non-hydrogen) atoms. The molecule has 2 atom stereocenters. The minimum absolute atomic E-state index is 0.164. The van der Waals surface area contributed by atoms with Gasteiger partial charge in [0.25, 0.3) is 0 Å². The molecule has 0 spiro atoms. The van der Waals surface area contributed by atoms with Crippen LogP contribution in [0.5, 0.6) is 0 Å². The van der Waals surface area contributed by atoms with E-state index >= 15 is 0 Å². The molecule has 2 saturated heterocycles. The van der Waals surface area contributed by atoms with E-state index in [0.29, 0.717) is 6.54 Å². The van der Waals surface area contributed by atoms with Gasteiger partial charge in [0.15, 0.2) is 0 Å². The average Bonchev–Trinajstić information content (AvgIpc) is 2.43. The second-order valence-electron chi connectivity index (χ2n) is 4.30. The second-order valence-corrected chi connectivity index (χ2v) is 4.30. The summed E-state index contributed by atoms with van der Waals surface area (Å²) >= 11 is 0. The lowest BCUT2D eigenvalue weighted by Crippen LogP contribution is -2.66. The number of likely N-dealkylation sites (tertiary alicyclic amines) is 1. The molecular formula is C9H17FN2O. The van der Waals surface area contributed by atoms with Crippen LogP contribution in [-0.4, -0.2) is 56.0 Å². The van der Waals surface area contributed by atoms with Gasteiger partial charge in [-0.2, -0.15) is 0 Å². The molecule has 2 heterocycles. The van der Waals surface area contributed by atoms with Crippen molar-refractivity contribution in [1.29, 1.82) is 0 Å². The number of nitrogens with one attached hydrogen (secondary N) is 1. The SMILES string of the molecule is COC1CN(C2(C)CNC2)CC1F. The van der Waals surface area contributed by atoms with Gasteiger partial charge in [0.1, 0.15) is 12.3 Å². The second kappa shape index (κ2) is 3.19. The molecule has 0 radical (unpaired) electrons. The normalized spacial score (nSPS) is 39.0. The number of rotatable bonds is 2. The Hall–Kier alpha value is -0.190.